The topological polar surface area (TPSA) is 117 Å². The van der Waals surface area contributed by atoms with Gasteiger partial charge in [0.2, 0.25) is 5.95 Å². The molecule has 1 aromatic carbocycles. The standard InChI is InChI=1S/C29H34N6O5/c1-6-7-15-34-23-24(31-26(34)33-14-10-12-20(17-33)30-27(37)40-29(2,3)4)32(5)28(38)35(25(23)36)18-21-16-19-11-8-9-13-22(19)39-21/h8-9,11,13,16,20H,10,12,14-15,17-18H2,1-5H3,(H,30,37)/t20-/m1/s1. The van der Waals surface area contributed by atoms with E-state index in [1.165, 1.54) is 9.13 Å². The van der Waals surface area contributed by atoms with Crippen LogP contribution in [0.15, 0.2) is 44.3 Å². The maximum Gasteiger partial charge on any atom is 0.407 e. The minimum atomic E-state index is -0.599. The largest absolute Gasteiger partial charge is 0.459 e. The number of hydrogen-bond acceptors (Lipinski definition) is 7. The first kappa shape index (κ1) is 27.1. The van der Waals surface area contributed by atoms with Crippen LogP contribution < -0.4 is 21.5 Å². The summed E-state index contributed by atoms with van der Waals surface area (Å²) in [5.41, 5.74) is -0.287. The van der Waals surface area contributed by atoms with Crippen molar-refractivity contribution in [1.82, 2.24) is 24.0 Å². The Morgan fingerprint density at radius 2 is 2.00 bits per heavy atom. The van der Waals surface area contributed by atoms with Gasteiger partial charge in [0, 0.05) is 31.6 Å². The maximum atomic E-state index is 13.9. The van der Waals surface area contributed by atoms with Crippen LogP contribution in [0.25, 0.3) is 22.1 Å². The number of anilines is 1. The van der Waals surface area contributed by atoms with Crippen molar-refractivity contribution in [3.8, 4) is 11.8 Å². The van der Waals surface area contributed by atoms with Crippen LogP contribution >= 0.6 is 0 Å². The summed E-state index contributed by atoms with van der Waals surface area (Å²) >= 11 is 0. The third-order valence-corrected chi connectivity index (χ3v) is 6.84. The highest BCUT2D eigenvalue weighted by molar-refractivity contribution is 5.78. The van der Waals surface area contributed by atoms with E-state index >= 15 is 0 Å². The summed E-state index contributed by atoms with van der Waals surface area (Å²) in [7, 11) is 1.61. The Labute approximate surface area is 231 Å². The molecule has 11 heteroatoms. The number of fused-ring (bicyclic) bond motifs is 2. The molecule has 0 aliphatic carbocycles. The number of hydrogen-bond donors (Lipinski definition) is 1. The number of nitrogens with zero attached hydrogens (tertiary/aromatic N) is 5. The molecule has 1 saturated heterocycles. The molecule has 4 aromatic rings. The van der Waals surface area contributed by atoms with Crippen LogP contribution in [0, 0.1) is 11.8 Å². The Hall–Kier alpha value is -4.46. The Morgan fingerprint density at radius 3 is 2.73 bits per heavy atom. The van der Waals surface area contributed by atoms with Gasteiger partial charge in [-0.1, -0.05) is 24.1 Å². The predicted octanol–water partition coefficient (Wildman–Crippen LogP) is 3.21. The van der Waals surface area contributed by atoms with Crippen LogP contribution in [-0.4, -0.2) is 49.5 Å². The van der Waals surface area contributed by atoms with E-state index in [0.29, 0.717) is 30.4 Å². The number of alkyl carbamates (subject to hydrolysis) is 1. The normalized spacial score (nSPS) is 15.7. The lowest BCUT2D eigenvalue weighted by Crippen LogP contribution is -2.49. The lowest BCUT2D eigenvalue weighted by Gasteiger charge is -2.34. The van der Waals surface area contributed by atoms with Gasteiger partial charge in [-0.05, 0) is 52.7 Å². The van der Waals surface area contributed by atoms with E-state index < -0.39 is 22.9 Å². The second-order valence-electron chi connectivity index (χ2n) is 11.0. The highest BCUT2D eigenvalue weighted by Gasteiger charge is 2.29. The molecule has 0 saturated carbocycles. The van der Waals surface area contributed by atoms with Gasteiger partial charge in [0.15, 0.2) is 11.2 Å². The summed E-state index contributed by atoms with van der Waals surface area (Å²) in [6.07, 6.45) is 1.12. The summed E-state index contributed by atoms with van der Waals surface area (Å²) < 4.78 is 15.7. The number of aryl methyl sites for hydroxylation is 1. The van der Waals surface area contributed by atoms with Crippen molar-refractivity contribution in [2.24, 2.45) is 7.05 Å². The molecule has 1 atom stereocenters. The number of rotatable bonds is 5. The monoisotopic (exact) mass is 546 g/mol. The molecule has 210 valence electrons. The minimum absolute atomic E-state index is 0.0122. The average molecular weight is 547 g/mol. The Morgan fingerprint density at radius 1 is 1.23 bits per heavy atom. The number of furan rings is 1. The number of nitrogens with one attached hydrogen (secondary N) is 1. The van der Waals surface area contributed by atoms with Gasteiger partial charge in [-0.25, -0.2) is 9.59 Å². The van der Waals surface area contributed by atoms with Gasteiger partial charge in [-0.15, -0.1) is 5.92 Å². The molecule has 0 bridgehead atoms. The molecule has 1 fully saturated rings. The molecule has 1 aliphatic rings. The zero-order chi connectivity index (χ0) is 28.6. The lowest BCUT2D eigenvalue weighted by atomic mass is 10.1. The molecule has 5 rings (SSSR count). The van der Waals surface area contributed by atoms with E-state index in [2.05, 4.69) is 17.2 Å². The zero-order valence-electron chi connectivity index (χ0n) is 23.5. The highest BCUT2D eigenvalue weighted by atomic mass is 16.6. The van der Waals surface area contributed by atoms with E-state index in [0.717, 1.165) is 18.2 Å². The highest BCUT2D eigenvalue weighted by Crippen LogP contribution is 2.24. The van der Waals surface area contributed by atoms with Gasteiger partial charge in [-0.2, -0.15) is 4.98 Å². The smallest absolute Gasteiger partial charge is 0.407 e. The number of amides is 1. The molecule has 0 unspecified atom stereocenters. The van der Waals surface area contributed by atoms with Gasteiger partial charge in [0.25, 0.3) is 5.56 Å². The number of para-hydroxylation sites is 1. The molecule has 4 heterocycles. The van der Waals surface area contributed by atoms with Crippen LogP contribution in [0.3, 0.4) is 0 Å². The molecule has 1 aliphatic heterocycles. The lowest BCUT2D eigenvalue weighted by molar-refractivity contribution is 0.0499. The molecular formula is C29H34N6O5. The fourth-order valence-corrected chi connectivity index (χ4v) is 5.07. The first-order valence-electron chi connectivity index (χ1n) is 13.4. The number of carbonyl (C=O) groups is 1. The molecule has 3 aromatic heterocycles. The maximum absolute atomic E-state index is 13.9. The van der Waals surface area contributed by atoms with Crippen LogP contribution in [0.2, 0.25) is 0 Å². The van der Waals surface area contributed by atoms with E-state index in [9.17, 15) is 14.4 Å². The van der Waals surface area contributed by atoms with Crippen molar-refractivity contribution in [2.75, 3.05) is 18.0 Å². The summed E-state index contributed by atoms with van der Waals surface area (Å²) in [6, 6.07) is 9.21. The first-order valence-corrected chi connectivity index (χ1v) is 13.4. The van der Waals surface area contributed by atoms with E-state index in [1.807, 2.05) is 56.0 Å². The predicted molar refractivity (Wildman–Crippen MR) is 153 cm³/mol. The van der Waals surface area contributed by atoms with Crippen LogP contribution in [0.5, 0.6) is 0 Å². The van der Waals surface area contributed by atoms with Crippen molar-refractivity contribution in [2.45, 2.75) is 65.3 Å². The molecule has 1 N–H and O–H groups in total. The second-order valence-corrected chi connectivity index (χ2v) is 11.0. The molecule has 11 nitrogen and oxygen atoms in total. The average Bonchev–Trinajstić information content (AvgIpc) is 3.49. The number of imidazole rings is 1. The first-order chi connectivity index (χ1) is 19.1. The number of ether oxygens (including phenoxy) is 1. The summed E-state index contributed by atoms with van der Waals surface area (Å²) in [6.45, 7) is 8.56. The van der Waals surface area contributed by atoms with Crippen molar-refractivity contribution in [3.05, 3.63) is 56.9 Å². The summed E-state index contributed by atoms with van der Waals surface area (Å²) in [5, 5.41) is 3.85. The molecular weight excluding hydrogens is 512 g/mol. The quantitative estimate of drug-likeness (QED) is 0.382. The number of piperidine rings is 1. The summed E-state index contributed by atoms with van der Waals surface area (Å²) in [4.78, 5) is 46.4. The van der Waals surface area contributed by atoms with Crippen molar-refractivity contribution in [3.63, 3.8) is 0 Å². The van der Waals surface area contributed by atoms with Crippen LogP contribution in [0.1, 0.15) is 46.3 Å². The molecule has 40 heavy (non-hydrogen) atoms. The van der Waals surface area contributed by atoms with Crippen molar-refractivity contribution in [1.29, 1.82) is 0 Å². The second kappa shape index (κ2) is 10.6. The Kier molecular flexibility index (Phi) is 7.19. The van der Waals surface area contributed by atoms with Crippen LogP contribution in [0.4, 0.5) is 10.7 Å². The van der Waals surface area contributed by atoms with E-state index in [4.69, 9.17) is 14.1 Å². The molecule has 0 spiro atoms. The van der Waals surface area contributed by atoms with Crippen LogP contribution in [-0.2, 0) is 24.9 Å². The van der Waals surface area contributed by atoms with Gasteiger partial charge in [-0.3, -0.25) is 18.5 Å². The molecule has 1 amide bonds. The third kappa shape index (κ3) is 5.34. The fourth-order valence-electron chi connectivity index (χ4n) is 5.07. The number of carbonyl (C=O) groups excluding carboxylic acids is 1. The summed E-state index contributed by atoms with van der Waals surface area (Å²) in [5.74, 6) is 6.97. The van der Waals surface area contributed by atoms with Gasteiger partial charge in [0.05, 0.1) is 13.1 Å². The van der Waals surface area contributed by atoms with Crippen molar-refractivity contribution < 1.29 is 13.9 Å². The van der Waals surface area contributed by atoms with Gasteiger partial charge in [0.1, 0.15) is 16.9 Å². The zero-order valence-corrected chi connectivity index (χ0v) is 23.5. The number of benzene rings is 1. The third-order valence-electron chi connectivity index (χ3n) is 6.84. The van der Waals surface area contributed by atoms with Gasteiger partial charge >= 0.3 is 11.8 Å². The minimum Gasteiger partial charge on any atom is -0.459 e. The van der Waals surface area contributed by atoms with Gasteiger partial charge < -0.3 is 19.4 Å². The SMILES string of the molecule is CC#CCn1c(N2CCC[C@@H](NC(=O)OC(C)(C)C)C2)nc2c1c(=O)n(Cc1cc3ccccc3o1)c(=O)n2C. The Balaban J connectivity index is 1.54. The van der Waals surface area contributed by atoms with E-state index in [-0.39, 0.29) is 30.3 Å². The Bertz CT molecular complexity index is 1720. The molecule has 0 radical (unpaired) electrons. The number of aromatic nitrogens is 4. The fraction of sp³-hybridized carbons (Fsp3) is 0.448. The van der Waals surface area contributed by atoms with E-state index in [1.54, 1.807) is 18.5 Å². The van der Waals surface area contributed by atoms with Crippen molar-refractivity contribution >= 4 is 34.2 Å².